The summed E-state index contributed by atoms with van der Waals surface area (Å²) in [6.45, 7) is -0.0638. The van der Waals surface area contributed by atoms with E-state index in [4.69, 9.17) is 20.4 Å². The third-order valence-corrected chi connectivity index (χ3v) is 6.48. The van der Waals surface area contributed by atoms with Crippen molar-refractivity contribution in [1.82, 2.24) is 10.6 Å². The minimum Gasteiger partial charge on any atom is -0.872 e. The normalized spacial score (nSPS) is 9.86. The summed E-state index contributed by atoms with van der Waals surface area (Å²) in [6, 6.07) is 19.5. The molecule has 4 aromatic rings. The number of carboxylic acid groups (broad SMARTS) is 4. The van der Waals surface area contributed by atoms with Crippen molar-refractivity contribution in [2.75, 3.05) is 13.1 Å². The first kappa shape index (κ1) is 52.5. The van der Waals surface area contributed by atoms with Gasteiger partial charge >= 0.3 is 83.0 Å². The maximum atomic E-state index is 12.1. The number of carbonyl (C=O) groups excluding carboxylic acids is 2. The van der Waals surface area contributed by atoms with Gasteiger partial charge in [-0.3, -0.25) is 19.2 Å². The Bertz CT molecular complexity index is 1920. The Kier molecular flexibility index (Phi) is 24.6. The number of carboxylic acids is 4. The number of hydrogen-bond donors (Lipinski definition) is 6. The summed E-state index contributed by atoms with van der Waals surface area (Å²) in [5, 5.41) is 78.6. The van der Waals surface area contributed by atoms with Crippen LogP contribution in [0, 0.1) is 0 Å². The molecule has 0 heterocycles. The number of hydrogen-bond acceptors (Lipinski definition) is 12. The minimum atomic E-state index is -1.33. The number of carbonyl (C=O) groups is 6. The molecule has 22 heteroatoms. The molecule has 0 aliphatic heterocycles. The Morgan fingerprint density at radius 1 is 0.500 bits per heavy atom. The van der Waals surface area contributed by atoms with E-state index in [2.05, 4.69) is 31.1 Å². The van der Waals surface area contributed by atoms with Crippen LogP contribution in [0.4, 0.5) is 22.7 Å². The van der Waals surface area contributed by atoms with Gasteiger partial charge in [-0.1, -0.05) is 35.8 Å². The monoisotopic (exact) mass is 794 g/mol. The van der Waals surface area contributed by atoms with E-state index in [1.807, 2.05) is 0 Å². The average Bonchev–Trinajstić information content (AvgIpc) is 3.09. The summed E-state index contributed by atoms with van der Waals surface area (Å²) in [7, 11) is 0. The van der Waals surface area contributed by atoms with E-state index in [0.29, 0.717) is 0 Å². The van der Waals surface area contributed by atoms with Gasteiger partial charge in [0.05, 0.1) is 57.8 Å². The Morgan fingerprint density at radius 2 is 0.839 bits per heavy atom. The van der Waals surface area contributed by atoms with E-state index < -0.39 is 47.2 Å². The van der Waals surface area contributed by atoms with Gasteiger partial charge in [-0.15, -0.1) is 10.2 Å². The topological polar surface area (TPSA) is 366 Å². The Balaban J connectivity index is 0. The van der Waals surface area contributed by atoms with Gasteiger partial charge in [0, 0.05) is 13.1 Å². The number of benzene rings is 4. The number of aliphatic carboxylic acids is 2. The van der Waals surface area contributed by atoms with E-state index >= 15 is 0 Å². The van der Waals surface area contributed by atoms with Crippen molar-refractivity contribution in [3.05, 3.63) is 107 Å². The number of rotatable bonds is 14. The number of azo groups is 2. The molecule has 0 saturated carbocycles. The first-order valence-corrected chi connectivity index (χ1v) is 14.9. The zero-order valence-electron chi connectivity index (χ0n) is 29.8. The third-order valence-electron chi connectivity index (χ3n) is 6.48. The molecule has 0 spiro atoms. The second-order valence-electron chi connectivity index (χ2n) is 10.2. The molecule has 56 heavy (non-hydrogen) atoms. The van der Waals surface area contributed by atoms with Crippen molar-refractivity contribution in [3.63, 3.8) is 0 Å². The summed E-state index contributed by atoms with van der Waals surface area (Å²) in [5.41, 5.74) is 0.342. The predicted octanol–water partition coefficient (Wildman–Crippen LogP) is -3.48. The van der Waals surface area contributed by atoms with Crippen molar-refractivity contribution < 1.29 is 129 Å². The predicted molar refractivity (Wildman–Crippen MR) is 183 cm³/mol. The van der Waals surface area contributed by atoms with Gasteiger partial charge in [-0.25, -0.2) is 9.59 Å². The summed E-state index contributed by atoms with van der Waals surface area (Å²) in [6.07, 6.45) is -0.421. The second-order valence-corrected chi connectivity index (χ2v) is 10.2. The van der Waals surface area contributed by atoms with Crippen LogP contribution in [0.25, 0.3) is 0 Å². The van der Waals surface area contributed by atoms with Crippen LogP contribution in [0.2, 0.25) is 0 Å². The second kappa shape index (κ2) is 26.3. The van der Waals surface area contributed by atoms with E-state index in [0.717, 1.165) is 24.3 Å². The first-order valence-electron chi connectivity index (χ1n) is 14.9. The van der Waals surface area contributed by atoms with Gasteiger partial charge in [-0.2, -0.15) is 10.2 Å². The fourth-order valence-corrected chi connectivity index (χ4v) is 3.99. The van der Waals surface area contributed by atoms with Crippen LogP contribution in [-0.2, 0) is 9.59 Å². The van der Waals surface area contributed by atoms with Crippen molar-refractivity contribution in [3.8, 4) is 11.5 Å². The average molecular weight is 795 g/mol. The van der Waals surface area contributed by atoms with E-state index in [1.165, 1.54) is 36.4 Å². The quantitative estimate of drug-likeness (QED) is 0.0535. The molecule has 0 bridgehead atoms. The Labute approximate surface area is 361 Å². The first-order chi connectivity index (χ1) is 24.8. The zero-order valence-corrected chi connectivity index (χ0v) is 33.8. The maximum absolute atomic E-state index is 12.1. The number of aromatic carboxylic acids is 2. The Hall–Kier alpha value is -5.58. The molecule has 2 amide bonds. The molecule has 0 atom stereocenters. The summed E-state index contributed by atoms with van der Waals surface area (Å²) < 4.78 is 0. The molecular weight excluding hydrogens is 762 g/mol. The minimum absolute atomic E-state index is 0. The molecule has 10 N–H and O–H groups in total. The molecule has 20 nitrogen and oxygen atoms in total. The molecule has 4 rings (SSSR count). The molecule has 0 aliphatic rings. The smallest absolute Gasteiger partial charge is 0.872 e. The molecule has 0 aliphatic carbocycles. The molecule has 0 unspecified atom stereocenters. The molecule has 0 saturated heterocycles. The van der Waals surface area contributed by atoms with Crippen molar-refractivity contribution in [1.29, 1.82) is 0 Å². The van der Waals surface area contributed by atoms with Crippen molar-refractivity contribution >= 4 is 58.4 Å². The van der Waals surface area contributed by atoms with Gasteiger partial charge in [0.2, 0.25) is 0 Å². The molecule has 284 valence electrons. The maximum Gasteiger partial charge on any atom is 1.00 e. The molecule has 0 radical (unpaired) electrons. The van der Waals surface area contributed by atoms with Crippen molar-refractivity contribution in [2.24, 2.45) is 20.5 Å². The third kappa shape index (κ3) is 16.8. The fraction of sp³-hybridized carbons (Fsp3) is 0.118. The molecule has 4 aromatic carbocycles. The van der Waals surface area contributed by atoms with Crippen LogP contribution >= 0.6 is 0 Å². The van der Waals surface area contributed by atoms with Crippen molar-refractivity contribution in [2.45, 2.75) is 12.8 Å². The van der Waals surface area contributed by atoms with Crippen LogP contribution in [0.1, 0.15) is 54.3 Å². The molecule has 0 fully saturated rings. The zero-order chi connectivity index (χ0) is 38.2. The van der Waals surface area contributed by atoms with Crippen LogP contribution in [0.15, 0.2) is 105 Å². The summed E-state index contributed by atoms with van der Waals surface area (Å²) in [5.74, 6) is -7.14. The SMILES string of the molecule is O.O.O=C(O)CCNC(=O)c1ccccc1N=Nc1ccc(C(=O)O)c([O-])c1.O=C(O)CCNC(=O)c1ccccc1N=Nc1ccc(C(=O)O)c([O-])c1.[Na+].[Na+]. The van der Waals surface area contributed by atoms with Gasteiger partial charge < -0.3 is 52.2 Å². The number of amides is 2. The fourth-order valence-electron chi connectivity index (χ4n) is 3.99. The largest absolute Gasteiger partial charge is 1.00 e. The van der Waals surface area contributed by atoms with Crippen LogP contribution in [-0.4, -0.2) is 80.2 Å². The van der Waals surface area contributed by atoms with Gasteiger partial charge in [-0.05, 0) is 60.7 Å². The molecular formula is C34H32N6Na2O14. The van der Waals surface area contributed by atoms with Crippen LogP contribution < -0.4 is 80.0 Å². The van der Waals surface area contributed by atoms with E-state index in [-0.39, 0.29) is 141 Å². The van der Waals surface area contributed by atoms with Crippen LogP contribution in [0.5, 0.6) is 11.5 Å². The van der Waals surface area contributed by atoms with Gasteiger partial charge in [0.25, 0.3) is 11.8 Å². The molecule has 0 aromatic heterocycles. The summed E-state index contributed by atoms with van der Waals surface area (Å²) >= 11 is 0. The Morgan fingerprint density at radius 3 is 1.14 bits per heavy atom. The van der Waals surface area contributed by atoms with Crippen LogP contribution in [0.3, 0.4) is 0 Å². The number of nitrogens with one attached hydrogen (secondary N) is 2. The standard InChI is InChI=1S/2C17H15N3O6.2Na.2H2O/c2*21-14-9-10(5-6-12(14)17(25)26)19-20-13-4-2-1-3-11(13)16(24)18-8-7-15(22)23;;;;/h2*1-6,9,21H,7-8H2,(H,18,24)(H,22,23)(H,25,26);;;2*1H2/q;;2*+1;;/p-2. The van der Waals surface area contributed by atoms with E-state index in [1.54, 1.807) is 24.3 Å². The number of nitrogens with zero attached hydrogens (tertiary/aromatic N) is 4. The van der Waals surface area contributed by atoms with E-state index in [9.17, 15) is 39.0 Å². The van der Waals surface area contributed by atoms with Gasteiger partial charge in [0.1, 0.15) is 0 Å². The van der Waals surface area contributed by atoms with Gasteiger partial charge in [0.15, 0.2) is 0 Å². The summed E-state index contributed by atoms with van der Waals surface area (Å²) in [4.78, 5) is 66.9.